The number of allylic oxidation sites excluding steroid dienone is 1. The molecule has 3 heteroatoms. The molecule has 20 heavy (non-hydrogen) atoms. The van der Waals surface area contributed by atoms with Gasteiger partial charge in [0.2, 0.25) is 0 Å². The van der Waals surface area contributed by atoms with E-state index in [1.165, 1.54) is 47.0 Å². The van der Waals surface area contributed by atoms with Gasteiger partial charge in [0, 0.05) is 23.8 Å². The van der Waals surface area contributed by atoms with Gasteiger partial charge in [-0.1, -0.05) is 39.7 Å². The molecule has 108 valence electrons. The van der Waals surface area contributed by atoms with Crippen molar-refractivity contribution in [1.82, 2.24) is 0 Å². The van der Waals surface area contributed by atoms with E-state index in [0.29, 0.717) is 0 Å². The van der Waals surface area contributed by atoms with E-state index in [0.717, 1.165) is 18.1 Å². The minimum Gasteiger partial charge on any atom is -0.364 e. The van der Waals surface area contributed by atoms with E-state index in [4.69, 9.17) is 11.6 Å². The Kier molecular flexibility index (Phi) is 5.74. The molecule has 0 unspecified atom stereocenters. The quantitative estimate of drug-likeness (QED) is 0.591. The van der Waals surface area contributed by atoms with Crippen molar-refractivity contribution in [3.63, 3.8) is 0 Å². The van der Waals surface area contributed by atoms with Crippen molar-refractivity contribution >= 4 is 33.2 Å². The Morgan fingerprint density at radius 2 is 1.90 bits per heavy atom. The van der Waals surface area contributed by atoms with Crippen LogP contribution in [0.5, 0.6) is 0 Å². The second kappa shape index (κ2) is 7.33. The van der Waals surface area contributed by atoms with Crippen molar-refractivity contribution in [1.29, 1.82) is 0 Å². The number of halogens is 2. The maximum absolute atomic E-state index is 5.98. The lowest BCUT2D eigenvalue weighted by Crippen LogP contribution is -2.28. The number of hydrogen-bond acceptors (Lipinski definition) is 1. The van der Waals surface area contributed by atoms with Gasteiger partial charge in [-0.05, 0) is 66.9 Å². The maximum atomic E-state index is 5.98. The Hall–Kier alpha value is -0.730. The van der Waals surface area contributed by atoms with Gasteiger partial charge in [0.15, 0.2) is 0 Å². The highest BCUT2D eigenvalue weighted by Gasteiger charge is 2.15. The van der Waals surface area contributed by atoms with Gasteiger partial charge in [-0.15, -0.1) is 0 Å². The monoisotopic (exact) mass is 353 g/mol. The van der Waals surface area contributed by atoms with Gasteiger partial charge in [-0.2, -0.15) is 0 Å². The van der Waals surface area contributed by atoms with Crippen molar-refractivity contribution in [3.05, 3.63) is 51.5 Å². The summed E-state index contributed by atoms with van der Waals surface area (Å²) in [7, 11) is 0. The van der Waals surface area contributed by atoms with Gasteiger partial charge in [0.05, 0.1) is 0 Å². The highest BCUT2D eigenvalue weighted by atomic mass is 79.9. The molecule has 1 nitrogen and oxygen atoms in total. The standard InChI is InChI=1S/C17H21BrClN/c1-13(2)11-20(16-9-7-15(19)8-10-16)12-14-5-3-4-6-17(14)18/h7-10H,1,3-6,11-12H2,2H3. The Morgan fingerprint density at radius 3 is 2.50 bits per heavy atom. The van der Waals surface area contributed by atoms with Crippen LogP contribution in [0.4, 0.5) is 5.69 Å². The van der Waals surface area contributed by atoms with E-state index >= 15 is 0 Å². The summed E-state index contributed by atoms with van der Waals surface area (Å²) >= 11 is 9.73. The highest BCUT2D eigenvalue weighted by molar-refractivity contribution is 9.11. The topological polar surface area (TPSA) is 3.24 Å². The predicted molar refractivity (Wildman–Crippen MR) is 92.9 cm³/mol. The van der Waals surface area contributed by atoms with Crippen molar-refractivity contribution < 1.29 is 0 Å². The molecule has 0 N–H and O–H groups in total. The molecule has 0 saturated carbocycles. The van der Waals surface area contributed by atoms with Crippen molar-refractivity contribution in [2.24, 2.45) is 0 Å². The van der Waals surface area contributed by atoms with Gasteiger partial charge in [0.25, 0.3) is 0 Å². The summed E-state index contributed by atoms with van der Waals surface area (Å²) in [6.07, 6.45) is 4.97. The molecule has 2 rings (SSSR count). The van der Waals surface area contributed by atoms with Gasteiger partial charge in [0.1, 0.15) is 0 Å². The lowest BCUT2D eigenvalue weighted by atomic mass is 9.99. The number of anilines is 1. The van der Waals surface area contributed by atoms with E-state index in [-0.39, 0.29) is 0 Å². The first kappa shape index (κ1) is 15.7. The predicted octanol–water partition coefficient (Wildman–Crippen LogP) is 5.95. The number of nitrogens with zero attached hydrogens (tertiary/aromatic N) is 1. The van der Waals surface area contributed by atoms with Crippen LogP contribution >= 0.6 is 27.5 Å². The molecular formula is C17H21BrClN. The molecular weight excluding hydrogens is 334 g/mol. The fraction of sp³-hybridized carbons (Fsp3) is 0.412. The number of benzene rings is 1. The molecule has 0 amide bonds. The van der Waals surface area contributed by atoms with Gasteiger partial charge in [-0.25, -0.2) is 0 Å². The first-order valence-corrected chi connectivity index (χ1v) is 8.24. The fourth-order valence-corrected chi connectivity index (χ4v) is 3.27. The van der Waals surface area contributed by atoms with Crippen LogP contribution in [0.3, 0.4) is 0 Å². The molecule has 1 aromatic carbocycles. The van der Waals surface area contributed by atoms with E-state index in [9.17, 15) is 0 Å². The molecule has 0 aliphatic heterocycles. The fourth-order valence-electron chi connectivity index (χ4n) is 2.54. The lowest BCUT2D eigenvalue weighted by molar-refractivity contribution is 0.676. The summed E-state index contributed by atoms with van der Waals surface area (Å²) in [4.78, 5) is 2.38. The van der Waals surface area contributed by atoms with Crippen LogP contribution in [-0.4, -0.2) is 13.1 Å². The van der Waals surface area contributed by atoms with Crippen LogP contribution in [0.25, 0.3) is 0 Å². The summed E-state index contributed by atoms with van der Waals surface area (Å²) < 4.78 is 1.39. The second-order valence-corrected chi connectivity index (χ2v) is 6.90. The van der Waals surface area contributed by atoms with E-state index in [2.05, 4.69) is 46.5 Å². The average Bonchev–Trinajstić information content (AvgIpc) is 2.41. The zero-order chi connectivity index (χ0) is 14.5. The molecule has 0 saturated heterocycles. The third-order valence-corrected chi connectivity index (χ3v) is 4.75. The van der Waals surface area contributed by atoms with E-state index in [1.54, 1.807) is 0 Å². The van der Waals surface area contributed by atoms with Crippen molar-refractivity contribution in [3.8, 4) is 0 Å². The zero-order valence-corrected chi connectivity index (χ0v) is 14.3. The number of rotatable bonds is 5. The smallest absolute Gasteiger partial charge is 0.0407 e. The van der Waals surface area contributed by atoms with Crippen LogP contribution in [0.15, 0.2) is 46.5 Å². The highest BCUT2D eigenvalue weighted by Crippen LogP contribution is 2.30. The minimum absolute atomic E-state index is 0.780. The van der Waals surface area contributed by atoms with Crippen molar-refractivity contribution in [2.45, 2.75) is 32.6 Å². The van der Waals surface area contributed by atoms with Crippen LogP contribution in [0.2, 0.25) is 5.02 Å². The molecule has 0 bridgehead atoms. The lowest BCUT2D eigenvalue weighted by Gasteiger charge is -2.28. The third kappa shape index (κ3) is 4.39. The molecule has 0 heterocycles. The molecule has 1 aromatic rings. The molecule has 0 aromatic heterocycles. The summed E-state index contributed by atoms with van der Waals surface area (Å²) in [6.45, 7) is 7.98. The second-order valence-electron chi connectivity index (χ2n) is 5.51. The molecule has 0 fully saturated rings. The Balaban J connectivity index is 2.19. The van der Waals surface area contributed by atoms with Gasteiger partial charge < -0.3 is 4.90 Å². The van der Waals surface area contributed by atoms with Gasteiger partial charge >= 0.3 is 0 Å². The van der Waals surface area contributed by atoms with Gasteiger partial charge in [-0.3, -0.25) is 0 Å². The van der Waals surface area contributed by atoms with Crippen molar-refractivity contribution in [2.75, 3.05) is 18.0 Å². The molecule has 0 radical (unpaired) electrons. The van der Waals surface area contributed by atoms with Crippen LogP contribution in [0, 0.1) is 0 Å². The van der Waals surface area contributed by atoms with Crippen LogP contribution in [-0.2, 0) is 0 Å². The largest absolute Gasteiger partial charge is 0.364 e. The Bertz CT molecular complexity index is 504. The summed E-state index contributed by atoms with van der Waals surface area (Å²) in [5, 5.41) is 0.780. The summed E-state index contributed by atoms with van der Waals surface area (Å²) in [6, 6.07) is 8.07. The first-order valence-electron chi connectivity index (χ1n) is 7.07. The number of hydrogen-bond donors (Lipinski definition) is 0. The Labute approximate surface area is 135 Å². The molecule has 1 aliphatic rings. The zero-order valence-electron chi connectivity index (χ0n) is 12.0. The summed E-state index contributed by atoms with van der Waals surface area (Å²) in [5.74, 6) is 0. The SMILES string of the molecule is C=C(C)CN(CC1=C(Br)CCCC1)c1ccc(Cl)cc1. The average molecular weight is 355 g/mol. The minimum atomic E-state index is 0.780. The molecule has 0 spiro atoms. The normalized spacial score (nSPS) is 15.3. The summed E-state index contributed by atoms with van der Waals surface area (Å²) in [5.41, 5.74) is 3.90. The molecule has 0 atom stereocenters. The Morgan fingerprint density at radius 1 is 1.25 bits per heavy atom. The van der Waals surface area contributed by atoms with Crippen LogP contribution in [0.1, 0.15) is 32.6 Å². The van der Waals surface area contributed by atoms with Crippen LogP contribution < -0.4 is 4.90 Å². The third-order valence-electron chi connectivity index (χ3n) is 3.54. The van der Waals surface area contributed by atoms with E-state index in [1.807, 2.05) is 12.1 Å². The maximum Gasteiger partial charge on any atom is 0.0407 e. The van der Waals surface area contributed by atoms with E-state index < -0.39 is 0 Å². The first-order chi connectivity index (χ1) is 9.56. The molecule has 1 aliphatic carbocycles.